The second-order valence-corrected chi connectivity index (χ2v) is 26.7. The van der Waals surface area contributed by atoms with Gasteiger partial charge in [0.25, 0.3) is 0 Å². The summed E-state index contributed by atoms with van der Waals surface area (Å²) in [5.41, 5.74) is 0. The van der Waals surface area contributed by atoms with E-state index in [2.05, 4.69) is 41.5 Å². The van der Waals surface area contributed by atoms with E-state index >= 15 is 0 Å². The number of carbonyl (C=O) groups excluding carboxylic acids is 4. The summed E-state index contributed by atoms with van der Waals surface area (Å²) >= 11 is 0. The van der Waals surface area contributed by atoms with Gasteiger partial charge in [-0.2, -0.15) is 0 Å². The molecule has 486 valence electrons. The SMILES string of the molecule is CCCCCCCCCCCCCCCCC(=O)O[C@H](COC(=O)CCCCCCCCCC(C)C)COP(=O)(O)OC[C@@H](O)COP(=O)(O)OC[C@@H](COC(=O)CCCCCCCCCC)OC(=O)CCCCCCCCCC(C)C. The minimum atomic E-state index is -4.94. The quantitative estimate of drug-likeness (QED) is 0.0222. The van der Waals surface area contributed by atoms with Gasteiger partial charge >= 0.3 is 39.5 Å². The third-order valence-corrected chi connectivity index (χ3v) is 16.4. The molecule has 82 heavy (non-hydrogen) atoms. The third kappa shape index (κ3) is 57.2. The van der Waals surface area contributed by atoms with Crippen LogP contribution in [0.5, 0.6) is 0 Å². The number of phosphoric ester groups is 2. The molecule has 0 rings (SSSR count). The number of carbonyl (C=O) groups is 4. The summed E-state index contributed by atoms with van der Waals surface area (Å²) in [7, 11) is -9.88. The van der Waals surface area contributed by atoms with E-state index < -0.39 is 97.5 Å². The highest BCUT2D eigenvalue weighted by Crippen LogP contribution is 2.45. The number of aliphatic hydroxyl groups is 1. The molecule has 17 nitrogen and oxygen atoms in total. The Bertz CT molecular complexity index is 1620. The van der Waals surface area contributed by atoms with Crippen molar-refractivity contribution < 1.29 is 80.2 Å². The molecule has 0 aromatic carbocycles. The molecule has 3 N–H and O–H groups in total. The molecule has 0 radical (unpaired) electrons. The normalized spacial score (nSPS) is 14.3. The zero-order valence-corrected chi connectivity index (χ0v) is 54.6. The Morgan fingerprint density at radius 2 is 0.561 bits per heavy atom. The minimum absolute atomic E-state index is 0.103. The summed E-state index contributed by atoms with van der Waals surface area (Å²) in [6.07, 6.45) is 37.7. The van der Waals surface area contributed by atoms with Gasteiger partial charge in [0.05, 0.1) is 26.4 Å². The highest BCUT2D eigenvalue weighted by molar-refractivity contribution is 7.47. The third-order valence-electron chi connectivity index (χ3n) is 14.5. The van der Waals surface area contributed by atoms with E-state index in [1.165, 1.54) is 116 Å². The van der Waals surface area contributed by atoms with Crippen LogP contribution in [0, 0.1) is 11.8 Å². The summed E-state index contributed by atoms with van der Waals surface area (Å²) in [5, 5.41) is 10.5. The standard InChI is InChI=1S/C63H122O17P2/c1-7-9-11-13-15-17-18-19-20-21-22-28-35-41-47-62(67)79-58(52-74-61(66)46-40-34-29-23-25-31-37-43-55(3)4)53-77-81(69,70)75-49-57(64)50-76-82(71,72)78-54-59(51-73-60(65)45-39-33-27-16-14-12-10-8-2)80-63(68)48-42-36-30-24-26-32-38-44-56(5)6/h55-59,64H,7-54H2,1-6H3,(H,69,70)(H,71,72)/t57-,58-,59-/m1/s1. The second kappa shape index (κ2) is 55.6. The van der Waals surface area contributed by atoms with E-state index in [1.54, 1.807) is 0 Å². The largest absolute Gasteiger partial charge is 0.472 e. The van der Waals surface area contributed by atoms with Crippen molar-refractivity contribution in [2.75, 3.05) is 39.6 Å². The Morgan fingerprint density at radius 3 is 0.829 bits per heavy atom. The van der Waals surface area contributed by atoms with Gasteiger partial charge in [-0.3, -0.25) is 37.3 Å². The van der Waals surface area contributed by atoms with Gasteiger partial charge in [-0.15, -0.1) is 0 Å². The lowest BCUT2D eigenvalue weighted by Crippen LogP contribution is -2.30. The van der Waals surface area contributed by atoms with Crippen molar-refractivity contribution >= 4 is 39.5 Å². The topological polar surface area (TPSA) is 237 Å². The predicted octanol–water partition coefficient (Wildman–Crippen LogP) is 17.3. The molecular formula is C63H122O17P2. The lowest BCUT2D eigenvalue weighted by Gasteiger charge is -2.21. The van der Waals surface area contributed by atoms with Crippen LogP contribution in [0.3, 0.4) is 0 Å². The van der Waals surface area contributed by atoms with Crippen LogP contribution >= 0.6 is 15.6 Å². The van der Waals surface area contributed by atoms with Crippen LogP contribution in [0.1, 0.15) is 311 Å². The molecule has 19 heteroatoms. The van der Waals surface area contributed by atoms with E-state index in [0.717, 1.165) is 103 Å². The van der Waals surface area contributed by atoms with Crippen LogP contribution in [-0.2, 0) is 65.4 Å². The van der Waals surface area contributed by atoms with Crippen molar-refractivity contribution in [2.45, 2.75) is 330 Å². The van der Waals surface area contributed by atoms with Gasteiger partial charge in [0, 0.05) is 25.7 Å². The molecule has 0 aliphatic heterocycles. The number of hydrogen-bond donors (Lipinski definition) is 3. The summed E-state index contributed by atoms with van der Waals surface area (Å²) in [5.74, 6) is -0.738. The van der Waals surface area contributed by atoms with Crippen LogP contribution in [0.25, 0.3) is 0 Å². The Balaban J connectivity index is 5.22. The number of aliphatic hydroxyl groups excluding tert-OH is 1. The molecule has 0 heterocycles. The van der Waals surface area contributed by atoms with Gasteiger partial charge in [-0.25, -0.2) is 9.13 Å². The molecule has 0 saturated heterocycles. The zero-order chi connectivity index (χ0) is 60.8. The highest BCUT2D eigenvalue weighted by atomic mass is 31.2. The summed E-state index contributed by atoms with van der Waals surface area (Å²) in [6.45, 7) is 9.35. The van der Waals surface area contributed by atoms with E-state index in [-0.39, 0.29) is 25.7 Å². The van der Waals surface area contributed by atoms with Crippen molar-refractivity contribution in [2.24, 2.45) is 11.8 Å². The maximum absolute atomic E-state index is 13.0. The molecule has 0 aromatic rings. The van der Waals surface area contributed by atoms with E-state index in [9.17, 15) is 43.2 Å². The number of esters is 4. The van der Waals surface area contributed by atoms with Crippen LogP contribution < -0.4 is 0 Å². The molecule has 0 spiro atoms. The van der Waals surface area contributed by atoms with Crippen molar-refractivity contribution in [3.05, 3.63) is 0 Å². The lowest BCUT2D eigenvalue weighted by atomic mass is 10.0. The van der Waals surface area contributed by atoms with Gasteiger partial charge < -0.3 is 33.8 Å². The summed E-state index contributed by atoms with van der Waals surface area (Å²) < 4.78 is 67.9. The minimum Gasteiger partial charge on any atom is -0.462 e. The summed E-state index contributed by atoms with van der Waals surface area (Å²) in [4.78, 5) is 72.1. The molecule has 5 atom stereocenters. The second-order valence-electron chi connectivity index (χ2n) is 23.7. The van der Waals surface area contributed by atoms with Crippen molar-refractivity contribution in [1.29, 1.82) is 0 Å². The molecule has 0 bridgehead atoms. The zero-order valence-electron chi connectivity index (χ0n) is 52.8. The van der Waals surface area contributed by atoms with Crippen LogP contribution in [-0.4, -0.2) is 96.7 Å². The van der Waals surface area contributed by atoms with Crippen molar-refractivity contribution in [1.82, 2.24) is 0 Å². The fourth-order valence-corrected chi connectivity index (χ4v) is 10.9. The molecule has 0 saturated carbocycles. The van der Waals surface area contributed by atoms with E-state index in [1.807, 2.05) is 0 Å². The van der Waals surface area contributed by atoms with Gasteiger partial charge in [-0.1, -0.05) is 260 Å². The monoisotopic (exact) mass is 1210 g/mol. The number of rotatable bonds is 62. The maximum atomic E-state index is 13.0. The van der Waals surface area contributed by atoms with Gasteiger partial charge in [0.2, 0.25) is 0 Å². The smallest absolute Gasteiger partial charge is 0.462 e. The molecule has 0 aliphatic rings. The fourth-order valence-electron chi connectivity index (χ4n) is 9.35. The molecular weight excluding hydrogens is 1090 g/mol. The van der Waals surface area contributed by atoms with Gasteiger partial charge in [0.15, 0.2) is 12.2 Å². The van der Waals surface area contributed by atoms with E-state index in [0.29, 0.717) is 37.5 Å². The fraction of sp³-hybridized carbons (Fsp3) is 0.937. The van der Waals surface area contributed by atoms with Crippen molar-refractivity contribution in [3.63, 3.8) is 0 Å². The number of unbranched alkanes of at least 4 members (excludes halogenated alkanes) is 32. The first-order valence-corrected chi connectivity index (χ1v) is 36.0. The highest BCUT2D eigenvalue weighted by Gasteiger charge is 2.30. The molecule has 0 aromatic heterocycles. The first kappa shape index (κ1) is 80.1. The average molecular weight is 1210 g/mol. The molecule has 0 fully saturated rings. The lowest BCUT2D eigenvalue weighted by molar-refractivity contribution is -0.161. The number of ether oxygens (including phenoxy) is 4. The first-order chi connectivity index (χ1) is 39.4. The number of phosphoric acid groups is 2. The van der Waals surface area contributed by atoms with Gasteiger partial charge in [0.1, 0.15) is 19.3 Å². The first-order valence-electron chi connectivity index (χ1n) is 33.0. The van der Waals surface area contributed by atoms with Crippen LogP contribution in [0.2, 0.25) is 0 Å². The molecule has 0 amide bonds. The average Bonchev–Trinajstić information content (AvgIpc) is 3.45. The van der Waals surface area contributed by atoms with Gasteiger partial charge in [-0.05, 0) is 37.5 Å². The Labute approximate surface area is 498 Å². The predicted molar refractivity (Wildman–Crippen MR) is 326 cm³/mol. The van der Waals surface area contributed by atoms with Crippen LogP contribution in [0.4, 0.5) is 0 Å². The Morgan fingerprint density at radius 1 is 0.329 bits per heavy atom. The van der Waals surface area contributed by atoms with Crippen molar-refractivity contribution in [3.8, 4) is 0 Å². The molecule has 0 aliphatic carbocycles. The number of hydrogen-bond acceptors (Lipinski definition) is 15. The van der Waals surface area contributed by atoms with E-state index in [4.69, 9.17) is 37.0 Å². The van der Waals surface area contributed by atoms with Crippen LogP contribution in [0.15, 0.2) is 0 Å². The molecule has 2 unspecified atom stereocenters. The maximum Gasteiger partial charge on any atom is 0.472 e. The summed E-state index contributed by atoms with van der Waals surface area (Å²) in [6, 6.07) is 0. The Kier molecular flexibility index (Phi) is 54.3. The Hall–Kier alpha value is -1.94.